The van der Waals surface area contributed by atoms with Crippen molar-refractivity contribution in [3.05, 3.63) is 0 Å². The normalized spacial score (nSPS) is 19.8. The Balaban J connectivity index is 3.48. The molecule has 0 aromatic carbocycles. The number of hydrogen-bond acceptors (Lipinski definition) is 3. The van der Waals surface area contributed by atoms with E-state index in [2.05, 4.69) is 16.3 Å². The molecular weight excluding hydrogens is 119 g/mol. The number of rotatable bonds is 1. The quantitative estimate of drug-likeness (QED) is 0.460. The van der Waals surface area contributed by atoms with E-state index in [0.29, 0.717) is 0 Å². The van der Waals surface area contributed by atoms with Crippen LogP contribution in [0.5, 0.6) is 0 Å². The van der Waals surface area contributed by atoms with Gasteiger partial charge in [0.2, 0.25) is 0 Å². The van der Waals surface area contributed by atoms with Gasteiger partial charge in [0.05, 0.1) is 0 Å². The summed E-state index contributed by atoms with van der Waals surface area (Å²) < 4.78 is 4.31. The summed E-state index contributed by atoms with van der Waals surface area (Å²) in [5.74, 6) is 0. The van der Waals surface area contributed by atoms with Crippen molar-refractivity contribution in [2.75, 3.05) is 13.8 Å². The van der Waals surface area contributed by atoms with Gasteiger partial charge in [0, 0.05) is 7.11 Å². The van der Waals surface area contributed by atoms with Crippen LogP contribution >= 0.6 is 6.49 Å². The van der Waals surface area contributed by atoms with Gasteiger partial charge in [-0.15, -0.1) is 0 Å². The first-order valence-corrected chi connectivity index (χ1v) is 4.49. The zero-order chi connectivity index (χ0) is 5.21. The summed E-state index contributed by atoms with van der Waals surface area (Å²) in [6.07, 6.45) is 0. The van der Waals surface area contributed by atoms with Crippen molar-refractivity contribution in [2.24, 2.45) is 0 Å². The lowest BCUT2D eigenvalue weighted by Gasteiger charge is -2.18. The molecule has 2 nitrogen and oxygen atoms in total. The second-order valence-electron chi connectivity index (χ2n) is 0.954. The van der Waals surface area contributed by atoms with Crippen LogP contribution in [0.1, 0.15) is 0 Å². The lowest BCUT2D eigenvalue weighted by atomic mass is 11.8. The van der Waals surface area contributed by atoms with Gasteiger partial charge in [0.25, 0.3) is 0 Å². The second kappa shape index (κ2) is 2.03. The van der Waals surface area contributed by atoms with Crippen molar-refractivity contribution in [2.45, 2.75) is 0 Å². The predicted molar refractivity (Wildman–Crippen MR) is 27.2 cm³/mol. The van der Waals surface area contributed by atoms with Crippen LogP contribution < -0.4 is 4.89 Å². The summed E-state index contributed by atoms with van der Waals surface area (Å²) in [5, 5.41) is 0. The van der Waals surface area contributed by atoms with E-state index in [0.717, 1.165) is 0 Å². The van der Waals surface area contributed by atoms with Crippen molar-refractivity contribution in [3.8, 4) is 0 Å². The summed E-state index contributed by atoms with van der Waals surface area (Å²) in [6, 6.07) is 0. The van der Waals surface area contributed by atoms with E-state index in [1.807, 2.05) is 0 Å². The molecule has 0 rings (SSSR count). The maximum absolute atomic E-state index is 10.2. The Labute approximate surface area is 42.3 Å². The predicted octanol–water partition coefficient (Wildman–Crippen LogP) is -0.0676. The van der Waals surface area contributed by atoms with Gasteiger partial charge in [0.1, 0.15) is 0 Å². The van der Waals surface area contributed by atoms with Crippen molar-refractivity contribution in [3.63, 3.8) is 0 Å². The Bertz CT molecular complexity index is 75.6. The average Bonchev–Trinajstić information content (AvgIpc) is 1.35. The van der Waals surface area contributed by atoms with Crippen LogP contribution in [0.4, 0.5) is 0 Å². The van der Waals surface area contributed by atoms with E-state index in [9.17, 15) is 4.89 Å². The highest BCUT2D eigenvalue weighted by Gasteiger charge is 1.81. The molecule has 0 fully saturated rings. The molecule has 0 heterocycles. The fraction of sp³-hybridized carbons (Fsp3) is 1.00. The molecule has 0 aliphatic heterocycles. The topological polar surface area (TPSA) is 32.3 Å². The zero-order valence-corrected chi connectivity index (χ0v) is 5.38. The molecular formula is C2H6O2PS-. The Hall–Kier alpha value is 0.570. The molecule has 6 heavy (non-hydrogen) atoms. The van der Waals surface area contributed by atoms with Crippen LogP contribution in [0.25, 0.3) is 0 Å². The Morgan fingerprint density at radius 2 is 2.00 bits per heavy atom. The maximum Gasteiger partial charge on any atom is 0.0391 e. The highest BCUT2D eigenvalue weighted by Crippen LogP contribution is 2.28. The van der Waals surface area contributed by atoms with Gasteiger partial charge in [-0.25, -0.2) is 0 Å². The summed E-state index contributed by atoms with van der Waals surface area (Å²) in [6.45, 7) is -1.17. The smallest absolute Gasteiger partial charge is 0.0391 e. The maximum atomic E-state index is 10.2. The SMILES string of the molecule is COP(C)([O-])=S. The third-order valence-electron chi connectivity index (χ3n) is 0.332. The lowest BCUT2D eigenvalue weighted by molar-refractivity contribution is -0.178. The van der Waals surface area contributed by atoms with E-state index >= 15 is 0 Å². The Morgan fingerprint density at radius 1 is 1.83 bits per heavy atom. The van der Waals surface area contributed by atoms with E-state index < -0.39 is 6.49 Å². The first kappa shape index (κ1) is 6.57. The Morgan fingerprint density at radius 3 is 2.00 bits per heavy atom. The summed E-state index contributed by atoms with van der Waals surface area (Å²) >= 11 is 4.32. The van der Waals surface area contributed by atoms with E-state index in [1.54, 1.807) is 0 Å². The molecule has 0 aliphatic rings. The van der Waals surface area contributed by atoms with Crippen LogP contribution in [0.15, 0.2) is 0 Å². The second-order valence-corrected chi connectivity index (χ2v) is 4.85. The fourth-order valence-corrected chi connectivity index (χ4v) is 0. The van der Waals surface area contributed by atoms with Gasteiger partial charge in [0.15, 0.2) is 0 Å². The molecule has 0 bridgehead atoms. The van der Waals surface area contributed by atoms with Crippen LogP contribution in [0.2, 0.25) is 0 Å². The molecule has 0 saturated carbocycles. The molecule has 1 unspecified atom stereocenters. The minimum Gasteiger partial charge on any atom is -0.801 e. The fourth-order valence-electron chi connectivity index (χ4n) is 0. The van der Waals surface area contributed by atoms with Crippen LogP contribution in [0.3, 0.4) is 0 Å². The van der Waals surface area contributed by atoms with Crippen LogP contribution in [-0.4, -0.2) is 13.8 Å². The van der Waals surface area contributed by atoms with Gasteiger partial charge in [-0.05, 0) is 13.2 Å². The summed E-state index contributed by atoms with van der Waals surface area (Å²) in [5.41, 5.74) is 0. The minimum absolute atomic E-state index is 1.34. The molecule has 0 radical (unpaired) electrons. The molecule has 38 valence electrons. The molecule has 0 aromatic rings. The van der Waals surface area contributed by atoms with Gasteiger partial charge in [-0.3, -0.25) is 0 Å². The molecule has 0 N–H and O–H groups in total. The lowest BCUT2D eigenvalue weighted by Crippen LogP contribution is -1.97. The average molecular weight is 125 g/mol. The molecule has 0 saturated heterocycles. The molecule has 1 atom stereocenters. The van der Waals surface area contributed by atoms with Crippen molar-refractivity contribution >= 4 is 18.3 Å². The molecule has 0 spiro atoms. The van der Waals surface area contributed by atoms with E-state index in [4.69, 9.17) is 0 Å². The highest BCUT2D eigenvalue weighted by atomic mass is 32.5. The molecule has 0 aliphatic carbocycles. The van der Waals surface area contributed by atoms with Crippen LogP contribution in [0, 0.1) is 0 Å². The first-order valence-electron chi connectivity index (χ1n) is 1.40. The molecule has 0 amide bonds. The van der Waals surface area contributed by atoms with E-state index in [1.165, 1.54) is 13.8 Å². The zero-order valence-electron chi connectivity index (χ0n) is 3.67. The first-order chi connectivity index (χ1) is 2.56. The van der Waals surface area contributed by atoms with Gasteiger partial charge >= 0.3 is 0 Å². The van der Waals surface area contributed by atoms with Crippen molar-refractivity contribution in [1.82, 2.24) is 0 Å². The van der Waals surface area contributed by atoms with Gasteiger partial charge in [-0.1, -0.05) is 11.8 Å². The monoisotopic (exact) mass is 125 g/mol. The van der Waals surface area contributed by atoms with Crippen molar-refractivity contribution < 1.29 is 9.42 Å². The largest absolute Gasteiger partial charge is 0.801 e. The summed E-state index contributed by atoms with van der Waals surface area (Å²) in [7, 11) is 1.34. The Kier molecular flexibility index (Phi) is 2.22. The number of hydrogen-bond donors (Lipinski definition) is 0. The van der Waals surface area contributed by atoms with Crippen molar-refractivity contribution in [1.29, 1.82) is 0 Å². The third kappa shape index (κ3) is 4.57. The summed E-state index contributed by atoms with van der Waals surface area (Å²) in [4.78, 5) is 10.2. The third-order valence-corrected chi connectivity index (χ3v) is 1.44. The minimum atomic E-state index is -2.56. The molecule has 0 aromatic heterocycles. The standard InChI is InChI=1S/C2H7O2PS/c1-4-5(2,3)6/h1-2H3,(H,3,6)/p-1. The van der Waals surface area contributed by atoms with Gasteiger partial charge < -0.3 is 9.42 Å². The molecule has 4 heteroatoms. The van der Waals surface area contributed by atoms with E-state index in [-0.39, 0.29) is 0 Å². The highest BCUT2D eigenvalue weighted by molar-refractivity contribution is 8.08. The van der Waals surface area contributed by atoms with Gasteiger partial charge in [-0.2, -0.15) is 0 Å². The van der Waals surface area contributed by atoms with Crippen LogP contribution in [-0.2, 0) is 16.3 Å².